The molecule has 5 aromatic rings. The van der Waals surface area contributed by atoms with Gasteiger partial charge in [-0.1, -0.05) is 53.2 Å². The molecule has 2 aromatic heterocycles. The van der Waals surface area contributed by atoms with Crippen molar-refractivity contribution < 1.29 is 9.32 Å². The molecule has 0 spiro atoms. The maximum absolute atomic E-state index is 13.2. The van der Waals surface area contributed by atoms with Gasteiger partial charge in [-0.15, -0.1) is 0 Å². The maximum Gasteiger partial charge on any atom is 0.439 e. The van der Waals surface area contributed by atoms with Gasteiger partial charge in [0.25, 0.3) is 5.91 Å². The van der Waals surface area contributed by atoms with E-state index < -0.39 is 5.76 Å². The van der Waals surface area contributed by atoms with Crippen molar-refractivity contribution in [3.05, 3.63) is 93.6 Å². The van der Waals surface area contributed by atoms with E-state index >= 15 is 0 Å². The lowest BCUT2D eigenvalue weighted by Crippen LogP contribution is -2.16. The second kappa shape index (κ2) is 8.11. The second-order valence-corrected chi connectivity index (χ2v) is 8.20. The number of nitrogens with one attached hydrogen (secondary N) is 2. The van der Waals surface area contributed by atoms with Gasteiger partial charge in [0.05, 0.1) is 5.69 Å². The van der Waals surface area contributed by atoms with Crippen LogP contribution in [-0.2, 0) is 7.05 Å². The molecule has 0 atom stereocenters. The molecule has 0 unspecified atom stereocenters. The van der Waals surface area contributed by atoms with E-state index in [0.717, 1.165) is 22.0 Å². The van der Waals surface area contributed by atoms with Crippen LogP contribution in [0.25, 0.3) is 33.4 Å². The number of amides is 1. The summed E-state index contributed by atoms with van der Waals surface area (Å²) in [7, 11) is 1.86. The lowest BCUT2D eigenvalue weighted by Gasteiger charge is -2.11. The molecule has 7 nitrogen and oxygen atoms in total. The molecule has 3 aromatic carbocycles. The summed E-state index contributed by atoms with van der Waals surface area (Å²) in [6, 6.07) is 21.1. The minimum Gasteiger partial charge on any atom is -0.340 e. The van der Waals surface area contributed by atoms with Gasteiger partial charge in [-0.3, -0.25) is 14.3 Å². The number of H-pyrrole nitrogens is 1. The summed E-state index contributed by atoms with van der Waals surface area (Å²) in [5.41, 5.74) is 5.74. The molecule has 33 heavy (non-hydrogen) atoms. The summed E-state index contributed by atoms with van der Waals surface area (Å²) in [6.07, 6.45) is 0. The zero-order chi connectivity index (χ0) is 23.1. The van der Waals surface area contributed by atoms with Crippen molar-refractivity contribution in [3.63, 3.8) is 0 Å². The van der Waals surface area contributed by atoms with Gasteiger partial charge in [0.1, 0.15) is 5.69 Å². The van der Waals surface area contributed by atoms with Crippen molar-refractivity contribution >= 4 is 34.1 Å². The number of halogens is 1. The second-order valence-electron chi connectivity index (χ2n) is 7.76. The molecule has 0 saturated carbocycles. The lowest BCUT2D eigenvalue weighted by molar-refractivity contribution is 0.102. The molecule has 1 amide bonds. The summed E-state index contributed by atoms with van der Waals surface area (Å²) in [6.45, 7) is 2.08. The molecule has 0 radical (unpaired) electrons. The van der Waals surface area contributed by atoms with E-state index in [0.29, 0.717) is 22.0 Å². The van der Waals surface area contributed by atoms with E-state index in [2.05, 4.69) is 51.2 Å². The quantitative estimate of drug-likeness (QED) is 0.377. The molecule has 0 saturated heterocycles. The summed E-state index contributed by atoms with van der Waals surface area (Å²) >= 11 is 6.11. The van der Waals surface area contributed by atoms with Gasteiger partial charge in [0, 0.05) is 28.5 Å². The summed E-state index contributed by atoms with van der Waals surface area (Å²) in [5.74, 6) is -0.821. The first-order valence-electron chi connectivity index (χ1n) is 10.2. The van der Waals surface area contributed by atoms with Crippen molar-refractivity contribution in [2.45, 2.75) is 6.92 Å². The predicted octanol–water partition coefficient (Wildman–Crippen LogP) is 5.40. The van der Waals surface area contributed by atoms with Gasteiger partial charge in [0.15, 0.2) is 5.82 Å². The number of aromatic amines is 1. The number of anilines is 1. The van der Waals surface area contributed by atoms with Crippen LogP contribution >= 0.6 is 11.6 Å². The molecule has 8 heteroatoms. The Morgan fingerprint density at radius 2 is 1.88 bits per heavy atom. The Morgan fingerprint density at radius 3 is 2.64 bits per heavy atom. The van der Waals surface area contributed by atoms with Crippen molar-refractivity contribution in [2.24, 2.45) is 7.05 Å². The van der Waals surface area contributed by atoms with Crippen LogP contribution in [0.2, 0.25) is 5.02 Å². The summed E-state index contributed by atoms with van der Waals surface area (Å²) in [4.78, 5) is 27.1. The Kier molecular flexibility index (Phi) is 5.11. The molecular formula is C25H19ClN4O3. The smallest absolute Gasteiger partial charge is 0.340 e. The van der Waals surface area contributed by atoms with Crippen molar-refractivity contribution in [1.82, 2.24) is 14.7 Å². The first-order valence-corrected chi connectivity index (χ1v) is 10.6. The van der Waals surface area contributed by atoms with Crippen LogP contribution in [0.1, 0.15) is 16.1 Å². The van der Waals surface area contributed by atoms with E-state index in [4.69, 9.17) is 11.6 Å². The van der Waals surface area contributed by atoms with Gasteiger partial charge in [0.2, 0.25) is 0 Å². The largest absolute Gasteiger partial charge is 0.439 e. The first kappa shape index (κ1) is 20.8. The third-order valence-electron chi connectivity index (χ3n) is 5.66. The third kappa shape index (κ3) is 3.83. The number of aromatic nitrogens is 3. The Morgan fingerprint density at radius 1 is 1.06 bits per heavy atom. The van der Waals surface area contributed by atoms with E-state index in [1.54, 1.807) is 18.2 Å². The van der Waals surface area contributed by atoms with Crippen molar-refractivity contribution in [1.29, 1.82) is 0 Å². The minimum atomic E-state index is -0.694. The average molecular weight is 459 g/mol. The number of hydrogen-bond donors (Lipinski definition) is 2. The van der Waals surface area contributed by atoms with Gasteiger partial charge in [-0.25, -0.2) is 4.79 Å². The Bertz CT molecular complexity index is 1580. The van der Waals surface area contributed by atoms with E-state index in [1.807, 2.05) is 35.9 Å². The fraction of sp³-hybridized carbons (Fsp3) is 0.0800. The molecule has 0 aliphatic heterocycles. The number of carbonyl (C=O) groups is 1. The van der Waals surface area contributed by atoms with Crippen LogP contribution in [-0.4, -0.2) is 20.6 Å². The molecule has 0 bridgehead atoms. The normalized spacial score (nSPS) is 11.1. The Balaban J connectivity index is 1.52. The van der Waals surface area contributed by atoms with Crippen molar-refractivity contribution in [3.8, 4) is 22.5 Å². The number of carbonyl (C=O) groups excluding carboxylic acids is 1. The van der Waals surface area contributed by atoms with Crippen LogP contribution in [0.4, 0.5) is 5.69 Å². The number of rotatable bonds is 4. The maximum atomic E-state index is 13.2. The van der Waals surface area contributed by atoms with Crippen molar-refractivity contribution in [2.75, 3.05) is 5.32 Å². The van der Waals surface area contributed by atoms with E-state index in [1.165, 1.54) is 5.56 Å². The first-order chi connectivity index (χ1) is 15.9. The Labute approximate surface area is 193 Å². The third-order valence-corrected chi connectivity index (χ3v) is 5.89. The average Bonchev–Trinajstić information content (AvgIpc) is 3.38. The fourth-order valence-electron chi connectivity index (χ4n) is 3.97. The number of fused-ring (bicyclic) bond motifs is 1. The minimum absolute atomic E-state index is 0.178. The van der Waals surface area contributed by atoms with Gasteiger partial charge in [-0.2, -0.15) is 0 Å². The monoisotopic (exact) mass is 458 g/mol. The zero-order valence-electron chi connectivity index (χ0n) is 17.8. The molecule has 2 N–H and O–H groups in total. The lowest BCUT2D eigenvalue weighted by atomic mass is 10.00. The predicted molar refractivity (Wildman–Crippen MR) is 129 cm³/mol. The number of nitrogens with zero attached hydrogens (tertiary/aromatic N) is 2. The van der Waals surface area contributed by atoms with E-state index in [-0.39, 0.29) is 11.7 Å². The van der Waals surface area contributed by atoms with Crippen LogP contribution < -0.4 is 11.1 Å². The number of aryl methyl sites for hydroxylation is 2. The molecule has 0 aliphatic rings. The molecule has 164 valence electrons. The SMILES string of the molecule is Cc1ccccc1-c1ccc2cc(C(=O)Nc3ccc(Cl)cc3-c3noc(=O)[nH]3)n(C)c2c1. The van der Waals surface area contributed by atoms with Crippen LogP contribution in [0.15, 0.2) is 76.0 Å². The molecule has 5 rings (SSSR count). The summed E-state index contributed by atoms with van der Waals surface area (Å²) < 4.78 is 6.46. The molecule has 0 fully saturated rings. The molecular weight excluding hydrogens is 440 g/mol. The van der Waals surface area contributed by atoms with E-state index in [9.17, 15) is 9.59 Å². The zero-order valence-corrected chi connectivity index (χ0v) is 18.6. The Hall–Kier alpha value is -4.10. The molecule has 0 aliphatic carbocycles. The highest BCUT2D eigenvalue weighted by molar-refractivity contribution is 6.31. The highest BCUT2D eigenvalue weighted by Crippen LogP contribution is 2.31. The van der Waals surface area contributed by atoms with Gasteiger partial charge < -0.3 is 9.88 Å². The molecule has 2 heterocycles. The number of benzene rings is 3. The van der Waals surface area contributed by atoms with Gasteiger partial charge in [-0.05, 0) is 53.9 Å². The van der Waals surface area contributed by atoms with Gasteiger partial charge >= 0.3 is 5.76 Å². The van der Waals surface area contributed by atoms with Crippen LogP contribution in [0.3, 0.4) is 0 Å². The highest BCUT2D eigenvalue weighted by Gasteiger charge is 2.18. The summed E-state index contributed by atoms with van der Waals surface area (Å²) in [5, 5.41) is 7.99. The topological polar surface area (TPSA) is 92.9 Å². The fourth-order valence-corrected chi connectivity index (χ4v) is 4.14. The van der Waals surface area contributed by atoms with Crippen LogP contribution in [0.5, 0.6) is 0 Å². The standard InChI is InChI=1S/C25H19ClN4O3/c1-14-5-3-4-6-18(14)15-7-8-16-12-22(30(2)21(16)11-15)24(31)27-20-10-9-17(26)13-19(20)23-28-25(32)33-29-23/h3-13H,1-2H3,(H,27,31)(H,28,29,32). The van der Waals surface area contributed by atoms with Crippen LogP contribution in [0, 0.1) is 6.92 Å². The highest BCUT2D eigenvalue weighted by atomic mass is 35.5. The number of hydrogen-bond acceptors (Lipinski definition) is 4.